The van der Waals surface area contributed by atoms with Crippen LogP contribution >= 0.6 is 30.8 Å². The standard InChI is InChI=1S/C21H23N6O8PS2/c1-33-24-14(13-11-38-21(22-13)25-36(32,34-2)35-3)17(28)23-15-18(29)27-16(20(30)31)12(10-37-19(15)27)9-26-7-5-4-6-8-26/h4-8,11,15,19H,9-10H2,1-3H3,(H2-,22,23,25,28,30,31,32)/p+1/t15?,19-/m1/s1. The van der Waals surface area contributed by atoms with Crippen LogP contribution in [-0.4, -0.2) is 77.0 Å². The van der Waals surface area contributed by atoms with E-state index in [0.29, 0.717) is 17.9 Å². The van der Waals surface area contributed by atoms with Crippen molar-refractivity contribution in [1.29, 1.82) is 0 Å². The Hall–Kier alpha value is -3.30. The summed E-state index contributed by atoms with van der Waals surface area (Å²) >= 11 is 2.37. The molecule has 1 fully saturated rings. The van der Waals surface area contributed by atoms with Gasteiger partial charge in [0.15, 0.2) is 29.8 Å². The fourth-order valence-corrected chi connectivity index (χ4v) is 6.82. The number of β-lactam (4-membered cyclic amide) rings is 1. The van der Waals surface area contributed by atoms with Gasteiger partial charge in [-0.25, -0.2) is 18.9 Å². The first-order valence-electron chi connectivity index (χ1n) is 10.9. The largest absolute Gasteiger partial charge is 0.477 e. The molecule has 0 aliphatic carbocycles. The molecular weight excluding hydrogens is 559 g/mol. The summed E-state index contributed by atoms with van der Waals surface area (Å²) < 4.78 is 23.8. The highest BCUT2D eigenvalue weighted by atomic mass is 32.2. The zero-order chi connectivity index (χ0) is 27.4. The number of fused-ring (bicyclic) bond motifs is 1. The molecule has 2 amide bonds. The molecule has 1 unspecified atom stereocenters. The zero-order valence-electron chi connectivity index (χ0n) is 20.4. The van der Waals surface area contributed by atoms with Crippen molar-refractivity contribution in [3.63, 3.8) is 0 Å². The van der Waals surface area contributed by atoms with Crippen LogP contribution in [0.4, 0.5) is 5.13 Å². The molecule has 0 aromatic carbocycles. The van der Waals surface area contributed by atoms with E-state index in [-0.39, 0.29) is 22.2 Å². The van der Waals surface area contributed by atoms with Crippen LogP contribution < -0.4 is 15.0 Å². The first-order valence-corrected chi connectivity index (χ1v) is 14.4. The molecule has 2 aromatic heterocycles. The van der Waals surface area contributed by atoms with E-state index in [1.807, 2.05) is 35.2 Å². The molecule has 0 radical (unpaired) electrons. The highest BCUT2D eigenvalue weighted by Gasteiger charge is 2.54. The molecule has 4 heterocycles. The molecule has 1 saturated heterocycles. The van der Waals surface area contributed by atoms with Gasteiger partial charge in [-0.15, -0.1) is 23.1 Å². The molecule has 2 aliphatic rings. The number of hydrogen-bond acceptors (Lipinski definition) is 11. The van der Waals surface area contributed by atoms with Gasteiger partial charge in [-0.2, -0.15) is 0 Å². The molecule has 17 heteroatoms. The highest BCUT2D eigenvalue weighted by Crippen LogP contribution is 2.46. The monoisotopic (exact) mass is 583 g/mol. The van der Waals surface area contributed by atoms with Crippen LogP contribution in [0.15, 0.2) is 52.4 Å². The average Bonchev–Trinajstić information content (AvgIpc) is 3.37. The van der Waals surface area contributed by atoms with E-state index < -0.39 is 36.9 Å². The third kappa shape index (κ3) is 5.59. The summed E-state index contributed by atoms with van der Waals surface area (Å²) in [6.07, 6.45) is 3.62. The molecule has 4 rings (SSSR count). The molecule has 0 saturated carbocycles. The summed E-state index contributed by atoms with van der Waals surface area (Å²) in [5.41, 5.74) is 0.358. The second-order valence-corrected chi connectivity index (χ2v) is 11.7. The van der Waals surface area contributed by atoms with E-state index in [2.05, 4.69) is 20.5 Å². The van der Waals surface area contributed by atoms with Crippen molar-refractivity contribution in [2.45, 2.75) is 18.0 Å². The number of thiazole rings is 1. The van der Waals surface area contributed by atoms with Gasteiger partial charge in [-0.1, -0.05) is 11.2 Å². The number of anilines is 1. The molecule has 2 aromatic rings. The van der Waals surface area contributed by atoms with Gasteiger partial charge in [0.25, 0.3) is 11.8 Å². The lowest BCUT2D eigenvalue weighted by Crippen LogP contribution is -2.71. The number of aliphatic carboxylic acids is 1. The van der Waals surface area contributed by atoms with Gasteiger partial charge in [-0.05, 0) is 0 Å². The second-order valence-electron chi connectivity index (χ2n) is 7.80. The number of pyridine rings is 1. The second kappa shape index (κ2) is 11.6. The lowest BCUT2D eigenvalue weighted by atomic mass is 10.0. The van der Waals surface area contributed by atoms with Crippen molar-refractivity contribution in [1.82, 2.24) is 15.2 Å². The van der Waals surface area contributed by atoms with E-state index in [0.717, 1.165) is 11.3 Å². The SMILES string of the molecule is CON=C(C(=O)NC1C(=O)N2C(C(=O)O)=C(C[n+]3ccccc3)CS[C@H]12)c1csc(NP(=O)(OC)OC)n1. The Labute approximate surface area is 225 Å². The lowest BCUT2D eigenvalue weighted by molar-refractivity contribution is -0.689. The van der Waals surface area contributed by atoms with E-state index in [4.69, 9.17) is 13.9 Å². The van der Waals surface area contributed by atoms with Crippen molar-refractivity contribution in [2.24, 2.45) is 5.16 Å². The van der Waals surface area contributed by atoms with Crippen LogP contribution in [0.5, 0.6) is 0 Å². The van der Waals surface area contributed by atoms with Gasteiger partial charge in [0.05, 0.1) is 0 Å². The predicted molar refractivity (Wildman–Crippen MR) is 137 cm³/mol. The third-order valence-electron chi connectivity index (χ3n) is 5.54. The summed E-state index contributed by atoms with van der Waals surface area (Å²) in [4.78, 5) is 48.4. The van der Waals surface area contributed by atoms with Gasteiger partial charge in [0.1, 0.15) is 29.9 Å². The molecule has 14 nitrogen and oxygen atoms in total. The number of carboxylic acid groups (broad SMARTS) is 1. The Morgan fingerprint density at radius 3 is 2.61 bits per heavy atom. The van der Waals surface area contributed by atoms with Crippen LogP contribution in [-0.2, 0) is 39.4 Å². The average molecular weight is 584 g/mol. The minimum absolute atomic E-state index is 0.0812. The summed E-state index contributed by atoms with van der Waals surface area (Å²) in [6, 6.07) is 4.53. The number of nitrogens with one attached hydrogen (secondary N) is 2. The Bertz CT molecular complexity index is 1340. The third-order valence-corrected chi connectivity index (χ3v) is 9.24. The maximum Gasteiger partial charge on any atom is 0.433 e. The molecular formula is C21H24N6O8PS2+. The Morgan fingerprint density at radius 2 is 1.97 bits per heavy atom. The molecule has 2 aliphatic heterocycles. The summed E-state index contributed by atoms with van der Waals surface area (Å²) in [6.45, 7) is 0.312. The van der Waals surface area contributed by atoms with Gasteiger partial charge in [0.2, 0.25) is 0 Å². The maximum absolute atomic E-state index is 13.1. The number of aromatic nitrogens is 2. The highest BCUT2D eigenvalue weighted by molar-refractivity contribution is 8.00. The molecule has 2 atom stereocenters. The zero-order valence-corrected chi connectivity index (χ0v) is 22.9. The van der Waals surface area contributed by atoms with Crippen LogP contribution in [0.2, 0.25) is 0 Å². The van der Waals surface area contributed by atoms with E-state index in [1.165, 1.54) is 43.4 Å². The van der Waals surface area contributed by atoms with Gasteiger partial charge < -0.3 is 15.3 Å². The quantitative estimate of drug-likeness (QED) is 0.113. The number of rotatable bonds is 11. The van der Waals surface area contributed by atoms with E-state index in [9.17, 15) is 24.1 Å². The molecule has 202 valence electrons. The number of hydrogen-bond donors (Lipinski definition) is 3. The first-order chi connectivity index (χ1) is 18.2. The number of carbonyl (C=O) groups is 3. The van der Waals surface area contributed by atoms with E-state index in [1.54, 1.807) is 0 Å². The van der Waals surface area contributed by atoms with E-state index >= 15 is 0 Å². The number of thioether (sulfide) groups is 1. The number of carboxylic acids is 1. The Morgan fingerprint density at radius 1 is 1.26 bits per heavy atom. The van der Waals surface area contributed by atoms with Crippen LogP contribution in [0, 0.1) is 0 Å². The fourth-order valence-electron chi connectivity index (χ4n) is 3.79. The minimum Gasteiger partial charge on any atom is -0.477 e. The Balaban J connectivity index is 1.50. The number of nitrogens with zero attached hydrogens (tertiary/aromatic N) is 4. The van der Waals surface area contributed by atoms with Gasteiger partial charge in [-0.3, -0.25) is 28.6 Å². The Kier molecular flexibility index (Phi) is 8.47. The molecule has 38 heavy (non-hydrogen) atoms. The first kappa shape index (κ1) is 27.7. The van der Waals surface area contributed by atoms with Crippen LogP contribution in [0.1, 0.15) is 5.69 Å². The number of amides is 2. The predicted octanol–water partition coefficient (Wildman–Crippen LogP) is 1.03. The summed E-state index contributed by atoms with van der Waals surface area (Å²) in [5.74, 6) is -2.16. The van der Waals surface area contributed by atoms with Crippen LogP contribution in [0.3, 0.4) is 0 Å². The van der Waals surface area contributed by atoms with Crippen molar-refractivity contribution >= 4 is 59.5 Å². The van der Waals surface area contributed by atoms with Gasteiger partial charge >= 0.3 is 13.7 Å². The fraction of sp³-hybridized carbons (Fsp3) is 0.333. The summed E-state index contributed by atoms with van der Waals surface area (Å²) in [7, 11) is 0.0222. The number of oxime groups is 1. The lowest BCUT2D eigenvalue weighted by Gasteiger charge is -2.49. The normalized spacial score (nSPS) is 19.5. The number of carbonyl (C=O) groups excluding carboxylic acids is 2. The topological polar surface area (TPSA) is 173 Å². The van der Waals surface area contributed by atoms with Crippen molar-refractivity contribution in [3.05, 3.63) is 52.9 Å². The molecule has 0 spiro atoms. The van der Waals surface area contributed by atoms with Crippen molar-refractivity contribution in [2.75, 3.05) is 32.2 Å². The minimum atomic E-state index is -3.62. The van der Waals surface area contributed by atoms with Crippen LogP contribution in [0.25, 0.3) is 0 Å². The smallest absolute Gasteiger partial charge is 0.433 e. The molecule has 3 N–H and O–H groups in total. The van der Waals surface area contributed by atoms with Gasteiger partial charge in [0, 0.05) is 43.1 Å². The summed E-state index contributed by atoms with van der Waals surface area (Å²) in [5, 5.41) is 19.7. The van der Waals surface area contributed by atoms with Crippen molar-refractivity contribution in [3.8, 4) is 0 Å². The molecule has 0 bridgehead atoms. The van der Waals surface area contributed by atoms with Crippen molar-refractivity contribution < 1.29 is 42.5 Å². The maximum atomic E-state index is 13.1.